The molecule has 0 aromatic heterocycles. The summed E-state index contributed by atoms with van der Waals surface area (Å²) in [6.07, 6.45) is 1.79. The van der Waals surface area contributed by atoms with Crippen molar-refractivity contribution < 1.29 is 9.90 Å². The van der Waals surface area contributed by atoms with E-state index < -0.39 is 0 Å². The van der Waals surface area contributed by atoms with Crippen molar-refractivity contribution in [2.45, 2.75) is 6.54 Å². The first kappa shape index (κ1) is 18.1. The van der Waals surface area contributed by atoms with Crippen LogP contribution in [0.5, 0.6) is 5.75 Å². The molecule has 1 aliphatic heterocycles. The first-order chi connectivity index (χ1) is 13.7. The fourth-order valence-corrected chi connectivity index (χ4v) is 3.87. The predicted molar refractivity (Wildman–Crippen MR) is 114 cm³/mol. The van der Waals surface area contributed by atoms with Crippen molar-refractivity contribution in [2.75, 3.05) is 0 Å². The zero-order valence-corrected chi connectivity index (χ0v) is 15.8. The molecule has 1 amide bonds. The van der Waals surface area contributed by atoms with E-state index in [0.717, 1.165) is 16.8 Å². The Morgan fingerprint density at radius 3 is 2.36 bits per heavy atom. The molecule has 1 aliphatic rings. The van der Waals surface area contributed by atoms with E-state index in [0.29, 0.717) is 16.6 Å². The SMILES string of the molecule is O=C1/C(=C\c2cccc(O)c2)SC(=Nc2ccccc2)N1Cc1ccccc1. The molecule has 138 valence electrons. The molecule has 28 heavy (non-hydrogen) atoms. The third-order valence-corrected chi connectivity index (χ3v) is 5.23. The number of carbonyl (C=O) groups is 1. The number of thioether (sulfide) groups is 1. The fourth-order valence-electron chi connectivity index (χ4n) is 2.88. The Balaban J connectivity index is 1.70. The third kappa shape index (κ3) is 4.15. The summed E-state index contributed by atoms with van der Waals surface area (Å²) in [7, 11) is 0. The predicted octanol–water partition coefficient (Wildman–Crippen LogP) is 5.20. The van der Waals surface area contributed by atoms with Gasteiger partial charge in [-0.25, -0.2) is 4.99 Å². The number of carbonyl (C=O) groups excluding carboxylic acids is 1. The van der Waals surface area contributed by atoms with Gasteiger partial charge in [-0.15, -0.1) is 0 Å². The highest BCUT2D eigenvalue weighted by molar-refractivity contribution is 8.18. The number of phenolic OH excluding ortho intramolecular Hbond substituents is 1. The third-order valence-electron chi connectivity index (χ3n) is 4.22. The number of benzene rings is 3. The van der Waals surface area contributed by atoms with Crippen molar-refractivity contribution in [2.24, 2.45) is 4.99 Å². The Kier molecular flexibility index (Phi) is 5.26. The lowest BCUT2D eigenvalue weighted by atomic mass is 10.2. The summed E-state index contributed by atoms with van der Waals surface area (Å²) >= 11 is 1.35. The number of hydrogen-bond acceptors (Lipinski definition) is 4. The molecule has 1 saturated heterocycles. The molecule has 3 aromatic rings. The second kappa shape index (κ2) is 8.15. The Labute approximate surface area is 167 Å². The molecule has 3 aromatic carbocycles. The van der Waals surface area contributed by atoms with Gasteiger partial charge in [-0.1, -0.05) is 60.7 Å². The van der Waals surface area contributed by atoms with Gasteiger partial charge in [0.1, 0.15) is 5.75 Å². The Morgan fingerprint density at radius 1 is 0.929 bits per heavy atom. The number of aliphatic imine (C=N–C) groups is 1. The van der Waals surface area contributed by atoms with Crippen LogP contribution in [-0.2, 0) is 11.3 Å². The molecule has 0 radical (unpaired) electrons. The highest BCUT2D eigenvalue weighted by Crippen LogP contribution is 2.35. The molecule has 0 unspecified atom stereocenters. The second-order valence-corrected chi connectivity index (χ2v) is 7.32. The molecule has 0 spiro atoms. The zero-order chi connectivity index (χ0) is 19.3. The number of rotatable bonds is 4. The molecule has 1 fully saturated rings. The minimum Gasteiger partial charge on any atom is -0.508 e. The van der Waals surface area contributed by atoms with Crippen molar-refractivity contribution in [1.29, 1.82) is 0 Å². The van der Waals surface area contributed by atoms with Gasteiger partial charge in [0.05, 0.1) is 17.1 Å². The molecule has 0 atom stereocenters. The maximum atomic E-state index is 13.1. The lowest BCUT2D eigenvalue weighted by molar-refractivity contribution is -0.122. The minimum atomic E-state index is -0.0909. The van der Waals surface area contributed by atoms with Crippen LogP contribution in [-0.4, -0.2) is 21.1 Å². The van der Waals surface area contributed by atoms with E-state index in [1.54, 1.807) is 29.2 Å². The summed E-state index contributed by atoms with van der Waals surface area (Å²) in [6, 6.07) is 26.3. The largest absolute Gasteiger partial charge is 0.508 e. The van der Waals surface area contributed by atoms with Gasteiger partial charge in [-0.2, -0.15) is 0 Å². The quantitative estimate of drug-likeness (QED) is 0.627. The Morgan fingerprint density at radius 2 is 1.64 bits per heavy atom. The average molecular weight is 386 g/mol. The first-order valence-electron chi connectivity index (χ1n) is 8.87. The number of aromatic hydroxyl groups is 1. The highest BCUT2D eigenvalue weighted by Gasteiger charge is 2.33. The standard InChI is InChI=1S/C23H18N2O2S/c26-20-13-7-10-18(14-20)15-21-22(27)25(16-17-8-3-1-4-9-17)23(28-21)24-19-11-5-2-6-12-19/h1-15,26H,16H2/b21-15+,24-23?. The lowest BCUT2D eigenvalue weighted by Gasteiger charge is -2.15. The van der Waals surface area contributed by atoms with Crippen LogP contribution in [0, 0.1) is 0 Å². The fraction of sp³-hybridized carbons (Fsp3) is 0.0435. The van der Waals surface area contributed by atoms with E-state index in [-0.39, 0.29) is 11.7 Å². The molecule has 0 aliphatic carbocycles. The molecule has 1 N–H and O–H groups in total. The van der Waals surface area contributed by atoms with E-state index in [1.807, 2.05) is 66.7 Å². The Hall–Kier alpha value is -3.31. The number of nitrogens with zero attached hydrogens (tertiary/aromatic N) is 2. The summed E-state index contributed by atoms with van der Waals surface area (Å²) in [5, 5.41) is 10.3. The highest BCUT2D eigenvalue weighted by atomic mass is 32.2. The van der Waals surface area contributed by atoms with Crippen LogP contribution >= 0.6 is 11.8 Å². The number of hydrogen-bond donors (Lipinski definition) is 1. The number of para-hydroxylation sites is 1. The lowest BCUT2D eigenvalue weighted by Crippen LogP contribution is -2.28. The van der Waals surface area contributed by atoms with E-state index in [2.05, 4.69) is 4.99 Å². The van der Waals surface area contributed by atoms with Gasteiger partial charge in [-0.05, 0) is 53.2 Å². The van der Waals surface area contributed by atoms with Crippen molar-refractivity contribution in [3.63, 3.8) is 0 Å². The number of phenols is 1. The summed E-state index contributed by atoms with van der Waals surface area (Å²) in [5.41, 5.74) is 2.61. The summed E-state index contributed by atoms with van der Waals surface area (Å²) in [6.45, 7) is 0.454. The summed E-state index contributed by atoms with van der Waals surface area (Å²) < 4.78 is 0. The van der Waals surface area contributed by atoms with E-state index in [4.69, 9.17) is 0 Å². The van der Waals surface area contributed by atoms with Crippen LogP contribution in [0.1, 0.15) is 11.1 Å². The van der Waals surface area contributed by atoms with Gasteiger partial charge in [0.25, 0.3) is 5.91 Å². The van der Waals surface area contributed by atoms with Crippen molar-refractivity contribution in [3.05, 3.63) is 101 Å². The van der Waals surface area contributed by atoms with Crippen molar-refractivity contribution >= 4 is 34.6 Å². The zero-order valence-electron chi connectivity index (χ0n) is 15.0. The van der Waals surface area contributed by atoms with Gasteiger partial charge in [0.15, 0.2) is 5.17 Å². The van der Waals surface area contributed by atoms with Crippen LogP contribution in [0.15, 0.2) is 94.8 Å². The van der Waals surface area contributed by atoms with Gasteiger partial charge in [-0.3, -0.25) is 9.69 Å². The molecular weight excluding hydrogens is 368 g/mol. The first-order valence-corrected chi connectivity index (χ1v) is 9.69. The van der Waals surface area contributed by atoms with Crippen molar-refractivity contribution in [3.8, 4) is 5.75 Å². The van der Waals surface area contributed by atoms with Gasteiger partial charge in [0.2, 0.25) is 0 Å². The van der Waals surface area contributed by atoms with Gasteiger partial charge >= 0.3 is 0 Å². The molecular formula is C23H18N2O2S. The monoisotopic (exact) mass is 386 g/mol. The van der Waals surface area contributed by atoms with Crippen LogP contribution in [0.4, 0.5) is 5.69 Å². The second-order valence-electron chi connectivity index (χ2n) is 6.31. The molecule has 5 heteroatoms. The summed E-state index contributed by atoms with van der Waals surface area (Å²) in [5.74, 6) is 0.0796. The number of amides is 1. The maximum Gasteiger partial charge on any atom is 0.267 e. The molecule has 4 nitrogen and oxygen atoms in total. The van der Waals surface area contributed by atoms with Crippen LogP contribution in [0.3, 0.4) is 0 Å². The molecule has 0 saturated carbocycles. The van der Waals surface area contributed by atoms with E-state index in [1.165, 1.54) is 11.8 Å². The smallest absolute Gasteiger partial charge is 0.267 e. The van der Waals surface area contributed by atoms with Crippen LogP contribution in [0.25, 0.3) is 6.08 Å². The molecule has 1 heterocycles. The van der Waals surface area contributed by atoms with E-state index >= 15 is 0 Å². The Bertz CT molecular complexity index is 1050. The average Bonchev–Trinajstić information content (AvgIpc) is 2.98. The molecule has 4 rings (SSSR count). The maximum absolute atomic E-state index is 13.1. The van der Waals surface area contributed by atoms with E-state index in [9.17, 15) is 9.90 Å². The van der Waals surface area contributed by atoms with Gasteiger partial charge in [0, 0.05) is 0 Å². The summed E-state index contributed by atoms with van der Waals surface area (Å²) in [4.78, 5) is 20.1. The molecule has 0 bridgehead atoms. The van der Waals surface area contributed by atoms with Crippen LogP contribution < -0.4 is 0 Å². The number of amidine groups is 1. The topological polar surface area (TPSA) is 52.9 Å². The van der Waals surface area contributed by atoms with Gasteiger partial charge < -0.3 is 5.11 Å². The normalized spacial score (nSPS) is 16.9. The van der Waals surface area contributed by atoms with Crippen molar-refractivity contribution in [1.82, 2.24) is 4.90 Å². The van der Waals surface area contributed by atoms with Crippen LogP contribution in [0.2, 0.25) is 0 Å². The minimum absolute atomic E-state index is 0.0909.